The average Bonchev–Trinajstić information content (AvgIpc) is 2.91. The third kappa shape index (κ3) is 8.23. The van der Waals surface area contributed by atoms with Gasteiger partial charge < -0.3 is 15.4 Å². The molecule has 0 radical (unpaired) electrons. The predicted molar refractivity (Wildman–Crippen MR) is 147 cm³/mol. The van der Waals surface area contributed by atoms with Crippen molar-refractivity contribution in [1.82, 2.24) is 4.90 Å². The van der Waals surface area contributed by atoms with Crippen molar-refractivity contribution in [2.45, 2.75) is 50.9 Å². The molecule has 1 aliphatic carbocycles. The van der Waals surface area contributed by atoms with Gasteiger partial charge in [0.1, 0.15) is 5.75 Å². The number of rotatable bonds is 13. The van der Waals surface area contributed by atoms with Crippen molar-refractivity contribution in [2.24, 2.45) is 11.7 Å². The number of hydrogen-bond acceptors (Lipinski definition) is 3. The normalized spacial score (nSPS) is 14.3. The molecule has 4 rings (SSSR count). The summed E-state index contributed by atoms with van der Waals surface area (Å²) in [6.45, 7) is 3.83. The van der Waals surface area contributed by atoms with E-state index in [-0.39, 0.29) is 12.3 Å². The second-order valence-electron chi connectivity index (χ2n) is 10.1. The molecule has 36 heavy (non-hydrogen) atoms. The van der Waals surface area contributed by atoms with E-state index in [4.69, 9.17) is 10.5 Å². The molecule has 0 atom stereocenters. The summed E-state index contributed by atoms with van der Waals surface area (Å²) >= 11 is 0. The topological polar surface area (TPSA) is 55.6 Å². The molecule has 4 nitrogen and oxygen atoms in total. The molecule has 0 unspecified atom stereocenters. The lowest BCUT2D eigenvalue weighted by Gasteiger charge is -2.33. The van der Waals surface area contributed by atoms with Gasteiger partial charge in [-0.3, -0.25) is 4.79 Å². The molecular formula is C32H40N2O2. The molecule has 2 N–H and O–H groups in total. The third-order valence-corrected chi connectivity index (χ3v) is 7.25. The van der Waals surface area contributed by atoms with Gasteiger partial charge in [0.25, 0.3) is 0 Å². The fraction of sp³-hybridized carbons (Fsp3) is 0.406. The van der Waals surface area contributed by atoms with Crippen molar-refractivity contribution in [3.05, 3.63) is 102 Å². The molecule has 0 bridgehead atoms. The van der Waals surface area contributed by atoms with Crippen LogP contribution in [0, 0.1) is 5.92 Å². The summed E-state index contributed by atoms with van der Waals surface area (Å²) in [4.78, 5) is 13.9. The summed E-state index contributed by atoms with van der Waals surface area (Å²) in [6.07, 6.45) is 8.02. The van der Waals surface area contributed by atoms with Crippen molar-refractivity contribution in [2.75, 3.05) is 26.2 Å². The number of carbonyl (C=O) groups is 1. The fourth-order valence-corrected chi connectivity index (χ4v) is 5.45. The highest BCUT2D eigenvalue weighted by Gasteiger charge is 2.22. The highest BCUT2D eigenvalue weighted by atomic mass is 16.5. The summed E-state index contributed by atoms with van der Waals surface area (Å²) in [5.41, 5.74) is 8.99. The Morgan fingerprint density at radius 1 is 0.889 bits per heavy atom. The van der Waals surface area contributed by atoms with Crippen molar-refractivity contribution < 1.29 is 9.53 Å². The number of benzene rings is 3. The lowest BCUT2D eigenvalue weighted by molar-refractivity contribution is -0.117. The highest BCUT2D eigenvalue weighted by Crippen LogP contribution is 2.29. The van der Waals surface area contributed by atoms with Gasteiger partial charge in [-0.25, -0.2) is 0 Å². The van der Waals surface area contributed by atoms with Crippen molar-refractivity contribution in [3.8, 4) is 5.75 Å². The maximum absolute atomic E-state index is 11.2. The summed E-state index contributed by atoms with van der Waals surface area (Å²) < 4.78 is 6.06. The maximum Gasteiger partial charge on any atom is 0.221 e. The van der Waals surface area contributed by atoms with E-state index in [1.54, 1.807) is 0 Å². The van der Waals surface area contributed by atoms with E-state index >= 15 is 0 Å². The molecule has 0 aromatic heterocycles. The Balaban J connectivity index is 1.41. The molecule has 1 aliphatic rings. The lowest BCUT2D eigenvalue weighted by Crippen LogP contribution is -2.35. The standard InChI is InChI=1S/C32H40N2O2/c33-32(35)23-27-14-10-19-30(22-27)36-21-11-20-34(24-26-12-4-1-5-13-26)25-31(28-15-6-2-7-16-28)29-17-8-3-9-18-29/h2-3,6-10,14-19,22,26,31H,1,4-5,11-13,20-21,23-25H2,(H2,33,35). The number of amides is 1. The molecule has 0 heterocycles. The van der Waals surface area contributed by atoms with Gasteiger partial charge in [0, 0.05) is 25.6 Å². The Kier molecular flexibility index (Phi) is 9.98. The van der Waals surface area contributed by atoms with Gasteiger partial charge in [0.2, 0.25) is 5.91 Å². The van der Waals surface area contributed by atoms with E-state index in [1.807, 2.05) is 24.3 Å². The first-order valence-electron chi connectivity index (χ1n) is 13.5. The van der Waals surface area contributed by atoms with Crippen LogP contribution in [-0.4, -0.2) is 37.0 Å². The highest BCUT2D eigenvalue weighted by molar-refractivity contribution is 5.76. The number of nitrogens with two attached hydrogens (primary N) is 1. The van der Waals surface area contributed by atoms with Gasteiger partial charge in [-0.05, 0) is 54.0 Å². The maximum atomic E-state index is 11.2. The van der Waals surface area contributed by atoms with Gasteiger partial charge >= 0.3 is 0 Å². The van der Waals surface area contributed by atoms with Crippen LogP contribution in [0.25, 0.3) is 0 Å². The minimum absolute atomic E-state index is 0.243. The first-order valence-corrected chi connectivity index (χ1v) is 13.5. The van der Waals surface area contributed by atoms with Crippen LogP contribution in [0.4, 0.5) is 0 Å². The summed E-state index contributed by atoms with van der Waals surface area (Å²) in [7, 11) is 0. The summed E-state index contributed by atoms with van der Waals surface area (Å²) in [6, 6.07) is 29.6. The van der Waals surface area contributed by atoms with E-state index in [2.05, 4.69) is 65.6 Å². The van der Waals surface area contributed by atoms with Crippen LogP contribution < -0.4 is 10.5 Å². The van der Waals surface area contributed by atoms with Crippen LogP contribution in [0.15, 0.2) is 84.9 Å². The van der Waals surface area contributed by atoms with E-state index in [1.165, 1.54) is 43.2 Å². The third-order valence-electron chi connectivity index (χ3n) is 7.25. The van der Waals surface area contributed by atoms with Crippen LogP contribution in [0.3, 0.4) is 0 Å². The van der Waals surface area contributed by atoms with Crippen LogP contribution in [0.1, 0.15) is 61.1 Å². The van der Waals surface area contributed by atoms with Crippen LogP contribution in [0.5, 0.6) is 5.75 Å². The summed E-state index contributed by atoms with van der Waals surface area (Å²) in [5, 5.41) is 0. The first-order chi connectivity index (χ1) is 17.7. The SMILES string of the molecule is NC(=O)Cc1cccc(OCCCN(CC2CCCCC2)CC(c2ccccc2)c2ccccc2)c1. The van der Waals surface area contributed by atoms with Crippen molar-refractivity contribution in [3.63, 3.8) is 0 Å². The van der Waals surface area contributed by atoms with E-state index in [0.717, 1.165) is 43.3 Å². The van der Waals surface area contributed by atoms with Gasteiger partial charge in [0.15, 0.2) is 0 Å². The zero-order valence-electron chi connectivity index (χ0n) is 21.4. The van der Waals surface area contributed by atoms with Crippen LogP contribution in [0.2, 0.25) is 0 Å². The molecule has 3 aromatic rings. The molecule has 1 amide bonds. The van der Waals surface area contributed by atoms with E-state index in [0.29, 0.717) is 12.5 Å². The van der Waals surface area contributed by atoms with Crippen LogP contribution in [-0.2, 0) is 11.2 Å². The average molecular weight is 485 g/mol. The number of nitrogens with zero attached hydrogens (tertiary/aromatic N) is 1. The van der Waals surface area contributed by atoms with E-state index < -0.39 is 0 Å². The lowest BCUT2D eigenvalue weighted by atomic mass is 9.87. The minimum atomic E-state index is -0.322. The quantitative estimate of drug-likeness (QED) is 0.294. The number of carbonyl (C=O) groups excluding carboxylic acids is 1. The fourth-order valence-electron chi connectivity index (χ4n) is 5.45. The Labute approximate surface area is 216 Å². The summed E-state index contributed by atoms with van der Waals surface area (Å²) in [5.74, 6) is 1.62. The van der Waals surface area contributed by atoms with Crippen molar-refractivity contribution >= 4 is 5.91 Å². The van der Waals surface area contributed by atoms with Gasteiger partial charge in [-0.2, -0.15) is 0 Å². The second kappa shape index (κ2) is 13.8. The molecular weight excluding hydrogens is 444 g/mol. The zero-order valence-corrected chi connectivity index (χ0v) is 21.4. The number of hydrogen-bond donors (Lipinski definition) is 1. The molecule has 1 saturated carbocycles. The Bertz CT molecular complexity index is 1010. The van der Waals surface area contributed by atoms with Crippen LogP contribution >= 0.6 is 0 Å². The monoisotopic (exact) mass is 484 g/mol. The molecule has 0 saturated heterocycles. The van der Waals surface area contributed by atoms with E-state index in [9.17, 15) is 4.79 Å². The van der Waals surface area contributed by atoms with Gasteiger partial charge in [0.05, 0.1) is 13.0 Å². The number of primary amides is 1. The molecule has 3 aromatic carbocycles. The molecule has 1 fully saturated rings. The largest absolute Gasteiger partial charge is 0.494 e. The molecule has 0 aliphatic heterocycles. The minimum Gasteiger partial charge on any atom is -0.494 e. The second-order valence-corrected chi connectivity index (χ2v) is 10.1. The predicted octanol–water partition coefficient (Wildman–Crippen LogP) is 6.20. The zero-order chi connectivity index (χ0) is 25.0. The van der Waals surface area contributed by atoms with Gasteiger partial charge in [-0.1, -0.05) is 92.1 Å². The van der Waals surface area contributed by atoms with Gasteiger partial charge in [-0.15, -0.1) is 0 Å². The number of ether oxygens (including phenoxy) is 1. The first kappa shape index (κ1) is 26.0. The Hall–Kier alpha value is -3.11. The molecule has 0 spiro atoms. The smallest absolute Gasteiger partial charge is 0.221 e. The van der Waals surface area contributed by atoms with Crippen molar-refractivity contribution in [1.29, 1.82) is 0 Å². The Morgan fingerprint density at radius 2 is 1.56 bits per heavy atom. The Morgan fingerprint density at radius 3 is 2.19 bits per heavy atom. The molecule has 190 valence electrons. The molecule has 4 heteroatoms.